The van der Waals surface area contributed by atoms with Crippen LogP contribution in [-0.2, 0) is 0 Å². The number of benzene rings is 6. The Hall–Kier alpha value is -5.48. The van der Waals surface area contributed by atoms with Crippen molar-refractivity contribution in [1.82, 2.24) is 4.57 Å². The van der Waals surface area contributed by atoms with Gasteiger partial charge in [-0.1, -0.05) is 115 Å². The van der Waals surface area contributed by atoms with Crippen LogP contribution in [0.2, 0.25) is 0 Å². The lowest BCUT2D eigenvalue weighted by Crippen LogP contribution is -2.02. The molecular formula is C36H24N2O2. The van der Waals surface area contributed by atoms with Crippen LogP contribution in [0.5, 0.6) is 0 Å². The van der Waals surface area contributed by atoms with Crippen LogP contribution in [0.4, 0.5) is 5.69 Å². The second-order valence-corrected chi connectivity index (χ2v) is 9.83. The van der Waals surface area contributed by atoms with Crippen molar-refractivity contribution in [2.45, 2.75) is 0 Å². The quantitative estimate of drug-likeness (QED) is 0.169. The molecule has 0 radical (unpaired) electrons. The first-order valence-corrected chi connectivity index (χ1v) is 13.2. The summed E-state index contributed by atoms with van der Waals surface area (Å²) in [4.78, 5) is 11.9. The molecule has 0 aliphatic carbocycles. The molecule has 4 nitrogen and oxygen atoms in total. The van der Waals surface area contributed by atoms with E-state index in [4.69, 9.17) is 0 Å². The molecule has 0 saturated heterocycles. The first kappa shape index (κ1) is 23.6. The monoisotopic (exact) mass is 516 g/mol. The van der Waals surface area contributed by atoms with Crippen molar-refractivity contribution in [3.05, 3.63) is 156 Å². The van der Waals surface area contributed by atoms with Crippen LogP contribution in [-0.4, -0.2) is 9.49 Å². The third-order valence-corrected chi connectivity index (χ3v) is 7.48. The SMILES string of the molecule is O=[N+]([O-])c1cc(-c2ccccc2)c(-n2c3ccccc3c3cc(-c4ccccc4)ccc32)c(-c2ccccc2)c1. The maximum atomic E-state index is 12.2. The Morgan fingerprint density at radius 3 is 1.55 bits per heavy atom. The van der Waals surface area contributed by atoms with Crippen molar-refractivity contribution in [2.75, 3.05) is 0 Å². The fourth-order valence-electron chi connectivity index (χ4n) is 5.67. The maximum Gasteiger partial charge on any atom is 0.270 e. The van der Waals surface area contributed by atoms with E-state index in [-0.39, 0.29) is 10.6 Å². The number of non-ortho nitro benzene ring substituents is 1. The normalized spacial score (nSPS) is 11.2. The highest BCUT2D eigenvalue weighted by molar-refractivity contribution is 6.11. The maximum absolute atomic E-state index is 12.2. The van der Waals surface area contributed by atoms with Crippen LogP contribution in [0.3, 0.4) is 0 Å². The molecule has 0 amide bonds. The number of rotatable bonds is 5. The highest BCUT2D eigenvalue weighted by atomic mass is 16.6. The lowest BCUT2D eigenvalue weighted by molar-refractivity contribution is -0.384. The molecule has 0 unspecified atom stereocenters. The van der Waals surface area contributed by atoms with Crippen LogP contribution >= 0.6 is 0 Å². The lowest BCUT2D eigenvalue weighted by atomic mass is 9.94. The molecule has 0 fully saturated rings. The Labute approximate surface area is 231 Å². The summed E-state index contributed by atoms with van der Waals surface area (Å²) in [5.41, 5.74) is 8.84. The van der Waals surface area contributed by atoms with Crippen LogP contribution in [0.25, 0.3) is 60.9 Å². The molecular weight excluding hydrogens is 492 g/mol. The van der Waals surface area contributed by atoms with E-state index in [2.05, 4.69) is 65.2 Å². The average molecular weight is 517 g/mol. The lowest BCUT2D eigenvalue weighted by Gasteiger charge is -2.19. The largest absolute Gasteiger partial charge is 0.308 e. The summed E-state index contributed by atoms with van der Waals surface area (Å²) < 4.78 is 2.27. The van der Waals surface area contributed by atoms with E-state index >= 15 is 0 Å². The number of fused-ring (bicyclic) bond motifs is 3. The Bertz CT molecular complexity index is 1950. The molecule has 0 aliphatic rings. The zero-order chi connectivity index (χ0) is 27.1. The van der Waals surface area contributed by atoms with Gasteiger partial charge >= 0.3 is 0 Å². The van der Waals surface area contributed by atoms with E-state index in [0.717, 1.165) is 60.9 Å². The first-order valence-electron chi connectivity index (χ1n) is 13.2. The number of aromatic nitrogens is 1. The van der Waals surface area contributed by atoms with E-state index in [1.165, 1.54) is 0 Å². The smallest absolute Gasteiger partial charge is 0.270 e. The van der Waals surface area contributed by atoms with Crippen molar-refractivity contribution in [3.8, 4) is 39.1 Å². The number of hydrogen-bond acceptors (Lipinski definition) is 2. The Kier molecular flexibility index (Phi) is 5.72. The van der Waals surface area contributed by atoms with Gasteiger partial charge in [0.2, 0.25) is 0 Å². The zero-order valence-corrected chi connectivity index (χ0v) is 21.6. The molecule has 40 heavy (non-hydrogen) atoms. The van der Waals surface area contributed by atoms with Crippen molar-refractivity contribution >= 4 is 27.5 Å². The molecule has 7 aromatic rings. The summed E-state index contributed by atoms with van der Waals surface area (Å²) in [5.74, 6) is 0. The Morgan fingerprint density at radius 1 is 0.475 bits per heavy atom. The van der Waals surface area contributed by atoms with Crippen molar-refractivity contribution in [3.63, 3.8) is 0 Å². The van der Waals surface area contributed by atoms with Crippen LogP contribution in [0.1, 0.15) is 0 Å². The molecule has 0 N–H and O–H groups in total. The van der Waals surface area contributed by atoms with Gasteiger partial charge in [0.05, 0.1) is 21.6 Å². The molecule has 0 aliphatic heterocycles. The number of nitro benzene ring substituents is 1. The fraction of sp³-hybridized carbons (Fsp3) is 0. The van der Waals surface area contributed by atoms with Gasteiger partial charge in [-0.05, 0) is 40.5 Å². The van der Waals surface area contributed by atoms with Gasteiger partial charge in [0.25, 0.3) is 5.69 Å². The molecule has 0 spiro atoms. The highest BCUT2D eigenvalue weighted by Gasteiger charge is 2.23. The Balaban J connectivity index is 1.63. The summed E-state index contributed by atoms with van der Waals surface area (Å²) in [6.07, 6.45) is 0. The highest BCUT2D eigenvalue weighted by Crippen LogP contribution is 2.43. The van der Waals surface area contributed by atoms with Crippen molar-refractivity contribution in [1.29, 1.82) is 0 Å². The molecule has 4 heteroatoms. The molecule has 6 aromatic carbocycles. The molecule has 0 saturated carbocycles. The summed E-state index contributed by atoms with van der Waals surface area (Å²) in [7, 11) is 0. The molecule has 190 valence electrons. The van der Waals surface area contributed by atoms with E-state index in [0.29, 0.717) is 0 Å². The molecule has 7 rings (SSSR count). The van der Waals surface area contributed by atoms with Gasteiger partial charge in [-0.2, -0.15) is 0 Å². The standard InChI is InChI=1S/C36H24N2O2/c39-38(40)29-23-31(26-14-6-2-7-15-26)36(32(24-29)27-16-8-3-9-17-27)37-34-19-11-10-18-30(34)33-22-28(20-21-35(33)37)25-12-4-1-5-13-25/h1-24H. The van der Waals surface area contributed by atoms with Gasteiger partial charge in [-0.25, -0.2) is 0 Å². The van der Waals surface area contributed by atoms with Gasteiger partial charge in [0.15, 0.2) is 0 Å². The summed E-state index contributed by atoms with van der Waals surface area (Å²) in [5, 5.41) is 14.4. The minimum atomic E-state index is -0.305. The first-order chi connectivity index (χ1) is 19.7. The summed E-state index contributed by atoms with van der Waals surface area (Å²) >= 11 is 0. The van der Waals surface area contributed by atoms with Crippen molar-refractivity contribution < 1.29 is 4.92 Å². The molecule has 0 bridgehead atoms. The third-order valence-electron chi connectivity index (χ3n) is 7.48. The minimum Gasteiger partial charge on any atom is -0.308 e. The number of hydrogen-bond donors (Lipinski definition) is 0. The van der Waals surface area contributed by atoms with E-state index in [1.54, 1.807) is 12.1 Å². The Morgan fingerprint density at radius 2 is 0.975 bits per heavy atom. The predicted molar refractivity (Wildman–Crippen MR) is 164 cm³/mol. The van der Waals surface area contributed by atoms with E-state index in [9.17, 15) is 10.1 Å². The number of nitro groups is 1. The van der Waals surface area contributed by atoms with E-state index < -0.39 is 0 Å². The van der Waals surface area contributed by atoms with E-state index in [1.807, 2.05) is 72.8 Å². The van der Waals surface area contributed by atoms with Gasteiger partial charge in [-0.3, -0.25) is 10.1 Å². The average Bonchev–Trinajstić information content (AvgIpc) is 3.35. The second-order valence-electron chi connectivity index (χ2n) is 9.83. The van der Waals surface area contributed by atoms with Gasteiger partial charge in [0, 0.05) is 34.0 Å². The van der Waals surface area contributed by atoms with Crippen LogP contribution in [0.15, 0.2) is 146 Å². The molecule has 1 aromatic heterocycles. The molecule has 1 heterocycles. The van der Waals surface area contributed by atoms with Crippen LogP contribution in [0, 0.1) is 10.1 Å². The van der Waals surface area contributed by atoms with Gasteiger partial charge in [0.1, 0.15) is 0 Å². The van der Waals surface area contributed by atoms with Gasteiger partial charge in [-0.15, -0.1) is 0 Å². The predicted octanol–water partition coefficient (Wildman–Crippen LogP) is 9.69. The number of nitrogens with zero attached hydrogens (tertiary/aromatic N) is 2. The topological polar surface area (TPSA) is 48.1 Å². The summed E-state index contributed by atoms with van der Waals surface area (Å²) in [6.45, 7) is 0. The van der Waals surface area contributed by atoms with Crippen LogP contribution < -0.4 is 0 Å². The van der Waals surface area contributed by atoms with Crippen molar-refractivity contribution in [2.24, 2.45) is 0 Å². The molecule has 0 atom stereocenters. The minimum absolute atomic E-state index is 0.0635. The third kappa shape index (κ3) is 3.94. The zero-order valence-electron chi connectivity index (χ0n) is 21.6. The fourth-order valence-corrected chi connectivity index (χ4v) is 5.67. The number of para-hydroxylation sites is 1. The summed E-state index contributed by atoms with van der Waals surface area (Å²) in [6, 6.07) is 48.6. The second kappa shape index (κ2) is 9.68. The van der Waals surface area contributed by atoms with Gasteiger partial charge < -0.3 is 4.57 Å².